The average Bonchev–Trinajstić information content (AvgIpc) is 3.27. The zero-order valence-electron chi connectivity index (χ0n) is 12.7. The third-order valence-electron chi connectivity index (χ3n) is 3.67. The van der Waals surface area contributed by atoms with Crippen molar-refractivity contribution in [3.05, 3.63) is 23.8 Å². The maximum atomic E-state index is 11.6. The molecule has 1 aliphatic rings. The molecule has 0 spiro atoms. The molecule has 1 amide bonds. The summed E-state index contributed by atoms with van der Waals surface area (Å²) < 4.78 is 5.17. The third kappa shape index (κ3) is 4.93. The first-order valence-electron chi connectivity index (χ1n) is 7.50. The highest BCUT2D eigenvalue weighted by molar-refractivity contribution is 5.76. The number of benzene rings is 1. The maximum Gasteiger partial charge on any atom is 0.220 e. The zero-order chi connectivity index (χ0) is 15.2. The number of rotatable bonds is 8. The Hall–Kier alpha value is -1.75. The number of ether oxygens (including phenoxy) is 1. The zero-order valence-corrected chi connectivity index (χ0v) is 12.7. The maximum absolute atomic E-state index is 11.6. The molecule has 116 valence electrons. The molecule has 0 saturated heterocycles. The average molecular weight is 292 g/mol. The van der Waals surface area contributed by atoms with E-state index in [1.165, 1.54) is 0 Å². The number of carbonyl (C=O) groups excluding carboxylic acids is 1. The van der Waals surface area contributed by atoms with Gasteiger partial charge in [-0.05, 0) is 50.9 Å². The molecular formula is C16H24N2O3. The quantitative estimate of drug-likeness (QED) is 0.642. The van der Waals surface area contributed by atoms with Gasteiger partial charge in [0.05, 0.1) is 7.11 Å². The number of phenolic OH excluding ortho intramolecular Hbond substituents is 1. The Morgan fingerprint density at radius 1 is 1.48 bits per heavy atom. The second kappa shape index (κ2) is 7.31. The van der Waals surface area contributed by atoms with Gasteiger partial charge in [-0.2, -0.15) is 0 Å². The molecule has 0 radical (unpaired) electrons. The van der Waals surface area contributed by atoms with Gasteiger partial charge in [-0.15, -0.1) is 0 Å². The van der Waals surface area contributed by atoms with Crippen LogP contribution in [0.3, 0.4) is 0 Å². The Bertz CT molecular complexity index is 486. The molecule has 5 heteroatoms. The van der Waals surface area contributed by atoms with Crippen molar-refractivity contribution in [3.8, 4) is 11.5 Å². The van der Waals surface area contributed by atoms with Gasteiger partial charge in [0.1, 0.15) is 11.5 Å². The molecule has 0 aromatic heterocycles. The Labute approximate surface area is 125 Å². The smallest absolute Gasteiger partial charge is 0.220 e. The Morgan fingerprint density at radius 3 is 2.90 bits per heavy atom. The van der Waals surface area contributed by atoms with Crippen molar-refractivity contribution in [1.29, 1.82) is 0 Å². The molecule has 1 aromatic carbocycles. The van der Waals surface area contributed by atoms with E-state index in [2.05, 4.69) is 10.6 Å². The summed E-state index contributed by atoms with van der Waals surface area (Å²) in [6, 6.07) is 5.63. The van der Waals surface area contributed by atoms with E-state index in [4.69, 9.17) is 4.74 Å². The van der Waals surface area contributed by atoms with Crippen LogP contribution in [0.4, 0.5) is 0 Å². The van der Waals surface area contributed by atoms with Crippen LogP contribution in [-0.2, 0) is 4.79 Å². The third-order valence-corrected chi connectivity index (χ3v) is 3.67. The van der Waals surface area contributed by atoms with Gasteiger partial charge in [-0.25, -0.2) is 0 Å². The molecule has 0 bridgehead atoms. The van der Waals surface area contributed by atoms with Crippen molar-refractivity contribution < 1.29 is 14.6 Å². The summed E-state index contributed by atoms with van der Waals surface area (Å²) in [4.78, 5) is 11.6. The molecule has 0 aliphatic heterocycles. The highest BCUT2D eigenvalue weighted by atomic mass is 16.5. The highest BCUT2D eigenvalue weighted by Crippen LogP contribution is 2.28. The van der Waals surface area contributed by atoms with E-state index >= 15 is 0 Å². The van der Waals surface area contributed by atoms with Gasteiger partial charge >= 0.3 is 0 Å². The first kappa shape index (κ1) is 15.6. The Kier molecular flexibility index (Phi) is 5.44. The lowest BCUT2D eigenvalue weighted by molar-refractivity contribution is -0.121. The molecule has 3 N–H and O–H groups in total. The first-order valence-corrected chi connectivity index (χ1v) is 7.50. The molecule has 1 fully saturated rings. The van der Waals surface area contributed by atoms with Crippen LogP contribution in [0.5, 0.6) is 11.5 Å². The SMILES string of the molecule is COc1ccc(O)c(C(C)NCCCC(=O)NC2CC2)c1. The highest BCUT2D eigenvalue weighted by Gasteiger charge is 2.22. The van der Waals surface area contributed by atoms with Gasteiger partial charge in [0.25, 0.3) is 0 Å². The summed E-state index contributed by atoms with van der Waals surface area (Å²) in [7, 11) is 1.60. The largest absolute Gasteiger partial charge is 0.508 e. The number of hydrogen-bond acceptors (Lipinski definition) is 4. The normalized spacial score (nSPS) is 15.5. The molecule has 1 saturated carbocycles. The van der Waals surface area contributed by atoms with Gasteiger partial charge in [-0.3, -0.25) is 4.79 Å². The van der Waals surface area contributed by atoms with Gasteiger partial charge in [0.15, 0.2) is 0 Å². The molecule has 1 unspecified atom stereocenters. The van der Waals surface area contributed by atoms with Crippen LogP contribution in [-0.4, -0.2) is 30.7 Å². The van der Waals surface area contributed by atoms with Crippen molar-refractivity contribution >= 4 is 5.91 Å². The van der Waals surface area contributed by atoms with Gasteiger partial charge in [-0.1, -0.05) is 0 Å². The predicted molar refractivity (Wildman–Crippen MR) is 81.5 cm³/mol. The monoisotopic (exact) mass is 292 g/mol. The van der Waals surface area contributed by atoms with Crippen LogP contribution in [0.1, 0.15) is 44.2 Å². The fourth-order valence-electron chi connectivity index (χ4n) is 2.21. The molecule has 1 atom stereocenters. The van der Waals surface area contributed by atoms with Crippen molar-refractivity contribution in [2.45, 2.75) is 44.7 Å². The summed E-state index contributed by atoms with van der Waals surface area (Å²) in [5.74, 6) is 1.11. The fraction of sp³-hybridized carbons (Fsp3) is 0.562. The fourth-order valence-corrected chi connectivity index (χ4v) is 2.21. The number of methoxy groups -OCH3 is 1. The Balaban J connectivity index is 1.73. The van der Waals surface area contributed by atoms with E-state index in [9.17, 15) is 9.90 Å². The number of amides is 1. The number of phenols is 1. The lowest BCUT2D eigenvalue weighted by Crippen LogP contribution is -2.27. The number of carbonyl (C=O) groups is 1. The van der Waals surface area contributed by atoms with Crippen molar-refractivity contribution in [1.82, 2.24) is 10.6 Å². The molecule has 5 nitrogen and oxygen atoms in total. The predicted octanol–water partition coefficient (Wildman–Crippen LogP) is 2.11. The second-order valence-corrected chi connectivity index (χ2v) is 5.55. The second-order valence-electron chi connectivity index (χ2n) is 5.55. The van der Waals surface area contributed by atoms with Crippen molar-refractivity contribution in [2.24, 2.45) is 0 Å². The summed E-state index contributed by atoms with van der Waals surface area (Å²) in [6.45, 7) is 2.72. The minimum absolute atomic E-state index is 0.00610. The number of nitrogens with one attached hydrogen (secondary N) is 2. The Morgan fingerprint density at radius 2 is 2.24 bits per heavy atom. The van der Waals surface area contributed by atoms with Gasteiger partial charge < -0.3 is 20.5 Å². The van der Waals surface area contributed by atoms with Crippen LogP contribution in [0.2, 0.25) is 0 Å². The van der Waals surface area contributed by atoms with Crippen molar-refractivity contribution in [2.75, 3.05) is 13.7 Å². The molecule has 21 heavy (non-hydrogen) atoms. The summed E-state index contributed by atoms with van der Waals surface area (Å²) in [6.07, 6.45) is 3.57. The summed E-state index contributed by atoms with van der Waals surface area (Å²) in [5, 5.41) is 16.2. The molecular weight excluding hydrogens is 268 g/mol. The van der Waals surface area contributed by atoms with E-state index < -0.39 is 0 Å². The van der Waals surface area contributed by atoms with Crippen LogP contribution < -0.4 is 15.4 Å². The number of hydrogen-bond donors (Lipinski definition) is 3. The number of aromatic hydroxyl groups is 1. The summed E-state index contributed by atoms with van der Waals surface area (Å²) >= 11 is 0. The van der Waals surface area contributed by atoms with Crippen molar-refractivity contribution in [3.63, 3.8) is 0 Å². The lowest BCUT2D eigenvalue weighted by atomic mass is 10.1. The van der Waals surface area contributed by atoms with Crippen LogP contribution in [0.15, 0.2) is 18.2 Å². The molecule has 0 heterocycles. The first-order chi connectivity index (χ1) is 10.1. The molecule has 1 aromatic rings. The minimum Gasteiger partial charge on any atom is -0.508 e. The van der Waals surface area contributed by atoms with E-state index in [-0.39, 0.29) is 17.7 Å². The summed E-state index contributed by atoms with van der Waals surface area (Å²) in [5.41, 5.74) is 0.803. The molecule has 2 rings (SSSR count). The van der Waals surface area contributed by atoms with Crippen LogP contribution in [0.25, 0.3) is 0 Å². The molecule has 1 aliphatic carbocycles. The van der Waals surface area contributed by atoms with Crippen LogP contribution >= 0.6 is 0 Å². The van der Waals surface area contributed by atoms with E-state index in [0.717, 1.165) is 37.1 Å². The van der Waals surface area contributed by atoms with Crippen LogP contribution in [0, 0.1) is 0 Å². The van der Waals surface area contributed by atoms with E-state index in [1.54, 1.807) is 19.2 Å². The standard InChI is InChI=1S/C16H24N2O3/c1-11(14-10-13(21-2)7-8-15(14)19)17-9-3-4-16(20)18-12-5-6-12/h7-8,10-12,17,19H,3-6,9H2,1-2H3,(H,18,20). The van der Waals surface area contributed by atoms with Gasteiger partial charge in [0, 0.05) is 24.1 Å². The van der Waals surface area contributed by atoms with Gasteiger partial charge in [0.2, 0.25) is 5.91 Å². The minimum atomic E-state index is 0.00610. The topological polar surface area (TPSA) is 70.6 Å². The van der Waals surface area contributed by atoms with E-state index in [1.807, 2.05) is 13.0 Å². The lowest BCUT2D eigenvalue weighted by Gasteiger charge is -2.16. The van der Waals surface area contributed by atoms with E-state index in [0.29, 0.717) is 12.5 Å².